The summed E-state index contributed by atoms with van der Waals surface area (Å²) in [5.74, 6) is 0.771. The Bertz CT molecular complexity index is 621. The predicted octanol–water partition coefficient (Wildman–Crippen LogP) is 3.51. The molecule has 2 aromatic heterocycles. The van der Waals surface area contributed by atoms with Crippen LogP contribution in [-0.2, 0) is 0 Å². The molecule has 0 atom stereocenters. The smallest absolute Gasteiger partial charge is 0.126 e. The fourth-order valence-electron chi connectivity index (χ4n) is 2.00. The van der Waals surface area contributed by atoms with E-state index in [1.54, 1.807) is 12.4 Å². The summed E-state index contributed by atoms with van der Waals surface area (Å²) in [6.07, 6.45) is 3.55. The summed E-state index contributed by atoms with van der Waals surface area (Å²) in [4.78, 5) is 13.0. The second kappa shape index (κ2) is 4.98. The molecule has 0 saturated carbocycles. The normalized spacial score (nSPS) is 10.4. The molecule has 0 aliphatic heterocycles. The second-order valence-corrected chi connectivity index (χ2v) is 4.29. The molecule has 0 radical (unpaired) electrons. The molecule has 0 aliphatic rings. The van der Waals surface area contributed by atoms with E-state index in [2.05, 4.69) is 27.1 Å². The highest BCUT2D eigenvalue weighted by Crippen LogP contribution is 2.22. The highest BCUT2D eigenvalue weighted by molar-refractivity contribution is 5.67. The van der Waals surface area contributed by atoms with Crippen LogP contribution < -0.4 is 0 Å². The molecule has 0 amide bonds. The molecule has 0 fully saturated rings. The lowest BCUT2D eigenvalue weighted by atomic mass is 10.1. The lowest BCUT2D eigenvalue weighted by Crippen LogP contribution is -1.94. The molecule has 0 N–H and O–H groups in total. The number of hydrogen-bond acceptors (Lipinski definition) is 3. The summed E-state index contributed by atoms with van der Waals surface area (Å²) in [5, 5.41) is 0. The Labute approximate surface area is 112 Å². The maximum absolute atomic E-state index is 4.50. The third-order valence-corrected chi connectivity index (χ3v) is 2.88. The minimum atomic E-state index is 0.771. The summed E-state index contributed by atoms with van der Waals surface area (Å²) in [6, 6.07) is 16.1. The Balaban J connectivity index is 2.12. The number of hydrogen-bond donors (Lipinski definition) is 0. The number of pyridine rings is 1. The summed E-state index contributed by atoms with van der Waals surface area (Å²) in [7, 11) is 0. The van der Waals surface area contributed by atoms with Crippen LogP contribution in [-0.4, -0.2) is 15.0 Å². The lowest BCUT2D eigenvalue weighted by Gasteiger charge is -2.06. The fraction of sp³-hybridized carbons (Fsp3) is 0.0625. The van der Waals surface area contributed by atoms with E-state index in [1.165, 1.54) is 0 Å². The molecule has 92 valence electrons. The third kappa shape index (κ3) is 2.50. The molecule has 0 saturated heterocycles. The first-order valence-electron chi connectivity index (χ1n) is 6.14. The van der Waals surface area contributed by atoms with E-state index in [1.807, 2.05) is 43.3 Å². The molecular formula is C16H13N3. The van der Waals surface area contributed by atoms with Gasteiger partial charge in [0.15, 0.2) is 0 Å². The van der Waals surface area contributed by atoms with Gasteiger partial charge < -0.3 is 0 Å². The van der Waals surface area contributed by atoms with Gasteiger partial charge in [-0.3, -0.25) is 4.98 Å². The van der Waals surface area contributed by atoms with Gasteiger partial charge in [0.1, 0.15) is 5.82 Å². The first kappa shape index (κ1) is 11.5. The average molecular weight is 247 g/mol. The Hall–Kier alpha value is -2.55. The molecule has 0 aliphatic carbocycles. The van der Waals surface area contributed by atoms with Gasteiger partial charge in [0.2, 0.25) is 0 Å². The summed E-state index contributed by atoms with van der Waals surface area (Å²) >= 11 is 0. The van der Waals surface area contributed by atoms with Crippen LogP contribution in [0.3, 0.4) is 0 Å². The van der Waals surface area contributed by atoms with Crippen LogP contribution in [0.5, 0.6) is 0 Å². The highest BCUT2D eigenvalue weighted by Gasteiger charge is 2.05. The Morgan fingerprint density at radius 3 is 1.95 bits per heavy atom. The first-order chi connectivity index (χ1) is 9.33. The molecule has 0 unspecified atom stereocenters. The van der Waals surface area contributed by atoms with Gasteiger partial charge in [0, 0.05) is 23.5 Å². The van der Waals surface area contributed by atoms with Crippen LogP contribution in [0.2, 0.25) is 0 Å². The number of rotatable bonds is 2. The highest BCUT2D eigenvalue weighted by atomic mass is 14.9. The van der Waals surface area contributed by atoms with Crippen LogP contribution in [0.4, 0.5) is 0 Å². The maximum atomic E-state index is 4.50. The van der Waals surface area contributed by atoms with E-state index in [-0.39, 0.29) is 0 Å². The zero-order chi connectivity index (χ0) is 13.1. The standard InChI is InChI=1S/C16H13N3/c1-12-18-15(13-5-3-2-4-6-13)11-16(19-12)14-7-9-17-10-8-14/h2-11H,1H3. The molecule has 0 spiro atoms. The average Bonchev–Trinajstić information content (AvgIpc) is 2.48. The predicted molar refractivity (Wildman–Crippen MR) is 75.4 cm³/mol. The summed E-state index contributed by atoms with van der Waals surface area (Å²) in [5.41, 5.74) is 4.02. The number of aromatic nitrogens is 3. The van der Waals surface area contributed by atoms with Crippen LogP contribution in [0.1, 0.15) is 5.82 Å². The largest absolute Gasteiger partial charge is 0.265 e. The monoisotopic (exact) mass is 247 g/mol. The van der Waals surface area contributed by atoms with Crippen LogP contribution >= 0.6 is 0 Å². The minimum Gasteiger partial charge on any atom is -0.265 e. The van der Waals surface area contributed by atoms with Crippen molar-refractivity contribution >= 4 is 0 Å². The molecule has 3 aromatic rings. The lowest BCUT2D eigenvalue weighted by molar-refractivity contribution is 1.06. The van der Waals surface area contributed by atoms with Crippen molar-refractivity contribution in [2.75, 3.05) is 0 Å². The molecule has 19 heavy (non-hydrogen) atoms. The number of benzene rings is 1. The van der Waals surface area contributed by atoms with E-state index >= 15 is 0 Å². The van der Waals surface area contributed by atoms with Gasteiger partial charge in [-0.2, -0.15) is 0 Å². The molecule has 1 aromatic carbocycles. The molecule has 0 bridgehead atoms. The summed E-state index contributed by atoms with van der Waals surface area (Å²) < 4.78 is 0. The maximum Gasteiger partial charge on any atom is 0.126 e. The number of aryl methyl sites for hydroxylation is 1. The Morgan fingerprint density at radius 2 is 1.32 bits per heavy atom. The van der Waals surface area contributed by atoms with Gasteiger partial charge in [-0.1, -0.05) is 30.3 Å². The third-order valence-electron chi connectivity index (χ3n) is 2.88. The van der Waals surface area contributed by atoms with Gasteiger partial charge in [-0.05, 0) is 25.1 Å². The Morgan fingerprint density at radius 1 is 0.737 bits per heavy atom. The molecule has 3 rings (SSSR count). The zero-order valence-electron chi connectivity index (χ0n) is 10.6. The first-order valence-corrected chi connectivity index (χ1v) is 6.14. The molecule has 3 heteroatoms. The van der Waals surface area contributed by atoms with Crippen LogP contribution in [0, 0.1) is 6.92 Å². The van der Waals surface area contributed by atoms with Gasteiger partial charge >= 0.3 is 0 Å². The van der Waals surface area contributed by atoms with Crippen molar-refractivity contribution in [3.63, 3.8) is 0 Å². The van der Waals surface area contributed by atoms with E-state index in [0.29, 0.717) is 0 Å². The minimum absolute atomic E-state index is 0.771. The zero-order valence-corrected chi connectivity index (χ0v) is 10.6. The van der Waals surface area contributed by atoms with Crippen molar-refractivity contribution < 1.29 is 0 Å². The molecule has 3 nitrogen and oxygen atoms in total. The molecule has 2 heterocycles. The van der Waals surface area contributed by atoms with Crippen LogP contribution in [0.15, 0.2) is 60.9 Å². The van der Waals surface area contributed by atoms with Gasteiger partial charge in [-0.25, -0.2) is 9.97 Å². The van der Waals surface area contributed by atoms with E-state index in [4.69, 9.17) is 0 Å². The second-order valence-electron chi connectivity index (χ2n) is 4.29. The van der Waals surface area contributed by atoms with Crippen molar-refractivity contribution in [3.8, 4) is 22.5 Å². The topological polar surface area (TPSA) is 38.7 Å². The summed E-state index contributed by atoms with van der Waals surface area (Å²) in [6.45, 7) is 1.91. The van der Waals surface area contributed by atoms with E-state index < -0.39 is 0 Å². The Kier molecular flexibility index (Phi) is 3.02. The van der Waals surface area contributed by atoms with Gasteiger partial charge in [0.05, 0.1) is 11.4 Å². The van der Waals surface area contributed by atoms with Gasteiger partial charge in [0.25, 0.3) is 0 Å². The van der Waals surface area contributed by atoms with Crippen molar-refractivity contribution in [1.29, 1.82) is 0 Å². The fourth-order valence-corrected chi connectivity index (χ4v) is 2.00. The van der Waals surface area contributed by atoms with Crippen molar-refractivity contribution in [2.24, 2.45) is 0 Å². The van der Waals surface area contributed by atoms with Gasteiger partial charge in [-0.15, -0.1) is 0 Å². The van der Waals surface area contributed by atoms with Crippen molar-refractivity contribution in [1.82, 2.24) is 15.0 Å². The van der Waals surface area contributed by atoms with Crippen molar-refractivity contribution in [3.05, 3.63) is 66.7 Å². The molecular weight excluding hydrogens is 234 g/mol. The quantitative estimate of drug-likeness (QED) is 0.695. The van der Waals surface area contributed by atoms with E-state index in [9.17, 15) is 0 Å². The van der Waals surface area contributed by atoms with E-state index in [0.717, 1.165) is 28.3 Å². The van der Waals surface area contributed by atoms with Crippen LogP contribution in [0.25, 0.3) is 22.5 Å². The SMILES string of the molecule is Cc1nc(-c2ccccc2)cc(-c2ccncc2)n1. The number of nitrogens with zero attached hydrogens (tertiary/aromatic N) is 3. The van der Waals surface area contributed by atoms with Crippen molar-refractivity contribution in [2.45, 2.75) is 6.92 Å².